The van der Waals surface area contributed by atoms with Crippen LogP contribution in [0.25, 0.3) is 0 Å². The van der Waals surface area contributed by atoms with Gasteiger partial charge in [0.15, 0.2) is 6.10 Å². The van der Waals surface area contributed by atoms with Crippen molar-refractivity contribution in [2.45, 2.75) is 33.8 Å². The molecule has 2 amide bonds. The zero-order valence-corrected chi connectivity index (χ0v) is 11.5. The van der Waals surface area contributed by atoms with Gasteiger partial charge in [-0.25, -0.2) is 0 Å². The minimum atomic E-state index is -0.498. The summed E-state index contributed by atoms with van der Waals surface area (Å²) in [4.78, 5) is 23.4. The van der Waals surface area contributed by atoms with Crippen molar-refractivity contribution in [1.82, 2.24) is 0 Å². The zero-order valence-electron chi connectivity index (χ0n) is 11.5. The van der Waals surface area contributed by atoms with E-state index < -0.39 is 11.5 Å². The number of nitrogens with one attached hydrogen (secondary N) is 2. The van der Waals surface area contributed by atoms with E-state index in [-0.39, 0.29) is 11.8 Å². The second kappa shape index (κ2) is 4.57. The van der Waals surface area contributed by atoms with Crippen molar-refractivity contribution in [3.8, 4) is 5.75 Å². The first-order valence-corrected chi connectivity index (χ1v) is 6.20. The summed E-state index contributed by atoms with van der Waals surface area (Å²) >= 11 is 0. The first-order chi connectivity index (χ1) is 8.77. The van der Waals surface area contributed by atoms with Crippen LogP contribution in [0.5, 0.6) is 5.75 Å². The molecule has 19 heavy (non-hydrogen) atoms. The fourth-order valence-electron chi connectivity index (χ4n) is 1.61. The van der Waals surface area contributed by atoms with Crippen LogP contribution in [0.3, 0.4) is 0 Å². The summed E-state index contributed by atoms with van der Waals surface area (Å²) in [6.45, 7) is 7.21. The van der Waals surface area contributed by atoms with E-state index in [1.807, 2.05) is 20.8 Å². The van der Waals surface area contributed by atoms with E-state index in [4.69, 9.17) is 4.74 Å². The summed E-state index contributed by atoms with van der Waals surface area (Å²) in [5.74, 6) is 0.344. The monoisotopic (exact) mass is 262 g/mol. The molecule has 1 heterocycles. The lowest BCUT2D eigenvalue weighted by molar-refractivity contribution is -0.123. The van der Waals surface area contributed by atoms with E-state index in [1.165, 1.54) is 0 Å². The Bertz CT molecular complexity index is 532. The van der Waals surface area contributed by atoms with Crippen LogP contribution in [0.4, 0.5) is 11.4 Å². The Balaban J connectivity index is 2.20. The molecule has 0 spiro atoms. The Labute approximate surface area is 112 Å². The van der Waals surface area contributed by atoms with Crippen LogP contribution in [0, 0.1) is 5.41 Å². The molecule has 0 fully saturated rings. The molecule has 5 nitrogen and oxygen atoms in total. The smallest absolute Gasteiger partial charge is 0.265 e. The van der Waals surface area contributed by atoms with Crippen molar-refractivity contribution in [3.05, 3.63) is 18.2 Å². The first-order valence-electron chi connectivity index (χ1n) is 6.20. The number of carbonyl (C=O) groups is 2. The van der Waals surface area contributed by atoms with Crippen LogP contribution in [0.1, 0.15) is 27.7 Å². The predicted octanol–water partition coefficient (Wildman–Crippen LogP) is 2.39. The fourth-order valence-corrected chi connectivity index (χ4v) is 1.61. The largest absolute Gasteiger partial charge is 0.479 e. The Hall–Kier alpha value is -2.04. The molecule has 0 aromatic heterocycles. The van der Waals surface area contributed by atoms with Gasteiger partial charge < -0.3 is 15.4 Å². The molecule has 2 N–H and O–H groups in total. The van der Waals surface area contributed by atoms with E-state index in [0.29, 0.717) is 17.1 Å². The van der Waals surface area contributed by atoms with Gasteiger partial charge in [-0.1, -0.05) is 20.8 Å². The lowest BCUT2D eigenvalue weighted by Crippen LogP contribution is -2.34. The minimum Gasteiger partial charge on any atom is -0.479 e. The molecule has 102 valence electrons. The summed E-state index contributed by atoms with van der Waals surface area (Å²) in [5.41, 5.74) is 0.747. The molecule has 0 saturated heterocycles. The van der Waals surface area contributed by atoms with Crippen molar-refractivity contribution in [2.24, 2.45) is 5.41 Å². The third-order valence-electron chi connectivity index (χ3n) is 2.85. The van der Waals surface area contributed by atoms with Crippen molar-refractivity contribution in [2.75, 3.05) is 10.6 Å². The Morgan fingerprint density at radius 1 is 1.37 bits per heavy atom. The van der Waals surface area contributed by atoms with Gasteiger partial charge in [0, 0.05) is 11.1 Å². The molecule has 1 aromatic rings. The molecular formula is C14H18N2O3. The second-order valence-corrected chi connectivity index (χ2v) is 5.66. The molecule has 1 atom stereocenters. The Morgan fingerprint density at radius 2 is 2.05 bits per heavy atom. The summed E-state index contributed by atoms with van der Waals surface area (Å²) in [6, 6.07) is 5.19. The minimum absolute atomic E-state index is 0.0797. The lowest BCUT2D eigenvalue weighted by Gasteiger charge is -2.24. The highest BCUT2D eigenvalue weighted by molar-refractivity contribution is 5.99. The van der Waals surface area contributed by atoms with Crippen molar-refractivity contribution >= 4 is 23.2 Å². The maximum Gasteiger partial charge on any atom is 0.265 e. The molecule has 0 aliphatic carbocycles. The average molecular weight is 262 g/mol. The van der Waals surface area contributed by atoms with E-state index in [2.05, 4.69) is 10.6 Å². The number of fused-ring (bicyclic) bond motifs is 1. The van der Waals surface area contributed by atoms with E-state index in [9.17, 15) is 9.59 Å². The van der Waals surface area contributed by atoms with Gasteiger partial charge >= 0.3 is 0 Å². The van der Waals surface area contributed by atoms with Crippen LogP contribution < -0.4 is 15.4 Å². The van der Waals surface area contributed by atoms with Gasteiger partial charge in [-0.15, -0.1) is 0 Å². The van der Waals surface area contributed by atoms with E-state index in [1.54, 1.807) is 25.1 Å². The van der Waals surface area contributed by atoms with Gasteiger partial charge in [0.25, 0.3) is 5.91 Å². The maximum atomic E-state index is 11.9. The molecule has 2 rings (SSSR count). The maximum absolute atomic E-state index is 11.9. The number of anilines is 2. The molecule has 5 heteroatoms. The highest BCUT2D eigenvalue weighted by Gasteiger charge is 2.25. The number of hydrogen-bond acceptors (Lipinski definition) is 3. The summed E-state index contributed by atoms with van der Waals surface area (Å²) < 4.78 is 5.45. The van der Waals surface area contributed by atoms with Gasteiger partial charge in [0.2, 0.25) is 5.91 Å². The van der Waals surface area contributed by atoms with Crippen LogP contribution in [0.2, 0.25) is 0 Å². The fraction of sp³-hybridized carbons (Fsp3) is 0.429. The highest BCUT2D eigenvalue weighted by Crippen LogP contribution is 2.32. The van der Waals surface area contributed by atoms with Crippen LogP contribution in [-0.4, -0.2) is 17.9 Å². The number of ether oxygens (including phenoxy) is 1. The normalized spacial score (nSPS) is 18.1. The standard InChI is InChI=1S/C14H18N2O3/c1-8-12(17)16-10-7-9(5-6-11(10)19-8)15-13(18)14(2,3)4/h5-8H,1-4H3,(H,15,18)(H,16,17). The third kappa shape index (κ3) is 2.86. The van der Waals surface area contributed by atoms with Gasteiger partial charge in [0.05, 0.1) is 5.69 Å². The van der Waals surface area contributed by atoms with Crippen LogP contribution in [-0.2, 0) is 9.59 Å². The number of hydrogen-bond donors (Lipinski definition) is 2. The number of amides is 2. The van der Waals surface area contributed by atoms with Gasteiger partial charge in [-0.05, 0) is 25.1 Å². The number of carbonyl (C=O) groups excluding carboxylic acids is 2. The lowest BCUT2D eigenvalue weighted by atomic mass is 9.95. The van der Waals surface area contributed by atoms with Crippen molar-refractivity contribution < 1.29 is 14.3 Å². The Kier molecular flexibility index (Phi) is 3.22. The SMILES string of the molecule is CC1Oc2ccc(NC(=O)C(C)(C)C)cc2NC1=O. The van der Waals surface area contributed by atoms with Crippen LogP contribution in [0.15, 0.2) is 18.2 Å². The Morgan fingerprint density at radius 3 is 2.68 bits per heavy atom. The zero-order chi connectivity index (χ0) is 14.2. The van der Waals surface area contributed by atoms with E-state index in [0.717, 1.165) is 0 Å². The number of benzene rings is 1. The molecular weight excluding hydrogens is 244 g/mol. The van der Waals surface area contributed by atoms with Crippen molar-refractivity contribution in [1.29, 1.82) is 0 Å². The third-order valence-corrected chi connectivity index (χ3v) is 2.85. The predicted molar refractivity (Wildman–Crippen MR) is 73.2 cm³/mol. The van der Waals surface area contributed by atoms with Gasteiger partial charge in [-0.2, -0.15) is 0 Å². The van der Waals surface area contributed by atoms with E-state index >= 15 is 0 Å². The van der Waals surface area contributed by atoms with Crippen LogP contribution >= 0.6 is 0 Å². The molecule has 1 aliphatic rings. The van der Waals surface area contributed by atoms with Gasteiger partial charge in [-0.3, -0.25) is 9.59 Å². The molecule has 0 bridgehead atoms. The molecule has 1 aliphatic heterocycles. The summed E-state index contributed by atoms with van der Waals surface area (Å²) in [7, 11) is 0. The summed E-state index contributed by atoms with van der Waals surface area (Å²) in [5, 5.41) is 5.56. The number of rotatable bonds is 1. The summed E-state index contributed by atoms with van der Waals surface area (Å²) in [6.07, 6.45) is -0.498. The molecule has 1 aromatic carbocycles. The second-order valence-electron chi connectivity index (χ2n) is 5.66. The van der Waals surface area contributed by atoms with Crippen molar-refractivity contribution in [3.63, 3.8) is 0 Å². The molecule has 1 unspecified atom stereocenters. The topological polar surface area (TPSA) is 67.4 Å². The quantitative estimate of drug-likeness (QED) is 0.816. The first kappa shape index (κ1) is 13.4. The molecule has 0 radical (unpaired) electrons. The molecule has 0 saturated carbocycles. The highest BCUT2D eigenvalue weighted by atomic mass is 16.5. The van der Waals surface area contributed by atoms with Gasteiger partial charge in [0.1, 0.15) is 5.75 Å². The average Bonchev–Trinajstić information content (AvgIpc) is 2.29.